The fraction of sp³-hybridized carbons (Fsp3) is 0.120. The van der Waals surface area contributed by atoms with E-state index in [0.29, 0.717) is 16.7 Å². The zero-order chi connectivity index (χ0) is 28.4. The van der Waals surface area contributed by atoms with Crippen molar-refractivity contribution in [3.05, 3.63) is 78.3 Å². The summed E-state index contributed by atoms with van der Waals surface area (Å²) in [5, 5.41) is 15.4. The van der Waals surface area contributed by atoms with Gasteiger partial charge < -0.3 is 15.2 Å². The van der Waals surface area contributed by atoms with Crippen molar-refractivity contribution in [1.82, 2.24) is 19.7 Å². The third-order valence-corrected chi connectivity index (χ3v) is 6.37. The number of alkyl halides is 3. The van der Waals surface area contributed by atoms with Crippen LogP contribution in [0.15, 0.2) is 71.9 Å². The number of halogens is 3. The lowest BCUT2D eigenvalue weighted by molar-refractivity contribution is -0.141. The summed E-state index contributed by atoms with van der Waals surface area (Å²) in [4.78, 5) is 19.5. The van der Waals surface area contributed by atoms with Crippen molar-refractivity contribution in [2.75, 3.05) is 18.7 Å². The molecule has 2 aromatic carbocycles. The van der Waals surface area contributed by atoms with E-state index in [0.717, 1.165) is 29.3 Å². The highest BCUT2D eigenvalue weighted by molar-refractivity contribution is 7.90. The normalized spacial score (nSPS) is 12.0. The second kappa shape index (κ2) is 10.6. The predicted molar refractivity (Wildman–Crippen MR) is 136 cm³/mol. The summed E-state index contributed by atoms with van der Waals surface area (Å²) < 4.78 is 70.1. The van der Waals surface area contributed by atoms with Crippen LogP contribution in [0.5, 0.6) is 5.75 Å². The van der Waals surface area contributed by atoms with Gasteiger partial charge in [-0.05, 0) is 41.5 Å². The zero-order valence-corrected chi connectivity index (χ0v) is 21.2. The number of hydrogen-bond acceptors (Lipinski definition) is 8. The number of aromatic nitrogens is 4. The number of rotatable bonds is 8. The van der Waals surface area contributed by atoms with E-state index < -0.39 is 27.7 Å². The lowest BCUT2D eigenvalue weighted by Crippen LogP contribution is -2.10. The fourth-order valence-corrected chi connectivity index (χ4v) is 4.16. The van der Waals surface area contributed by atoms with Crippen LogP contribution in [0.4, 0.5) is 24.8 Å². The molecule has 0 aliphatic rings. The van der Waals surface area contributed by atoms with Gasteiger partial charge in [-0.3, -0.25) is 0 Å². The van der Waals surface area contributed by atoms with Crippen molar-refractivity contribution in [3.8, 4) is 22.7 Å². The van der Waals surface area contributed by atoms with Crippen molar-refractivity contribution in [2.24, 2.45) is 0 Å². The second-order valence-electron chi connectivity index (χ2n) is 8.17. The topological polar surface area (TPSA) is 136 Å². The van der Waals surface area contributed by atoms with Crippen LogP contribution in [0.2, 0.25) is 0 Å². The van der Waals surface area contributed by atoms with Crippen molar-refractivity contribution in [1.29, 1.82) is 0 Å². The number of nitrogens with zero attached hydrogens (tertiary/aromatic N) is 4. The molecule has 10 nitrogen and oxygen atoms in total. The van der Waals surface area contributed by atoms with Crippen LogP contribution in [0.3, 0.4) is 0 Å². The molecule has 0 radical (unpaired) electrons. The summed E-state index contributed by atoms with van der Waals surface area (Å²) in [5.41, 5.74) is 0.416. The molecule has 2 heterocycles. The molecule has 0 bridgehead atoms. The summed E-state index contributed by atoms with van der Waals surface area (Å²) in [6.45, 7) is 0. The number of sulfone groups is 1. The summed E-state index contributed by atoms with van der Waals surface area (Å²) >= 11 is 0. The molecule has 0 atom stereocenters. The van der Waals surface area contributed by atoms with Crippen LogP contribution in [0.1, 0.15) is 11.3 Å². The molecule has 202 valence electrons. The number of benzene rings is 2. The van der Waals surface area contributed by atoms with Gasteiger partial charge in [-0.25, -0.2) is 22.9 Å². The molecule has 39 heavy (non-hydrogen) atoms. The first kappa shape index (κ1) is 27.3. The first-order chi connectivity index (χ1) is 18.3. The summed E-state index contributed by atoms with van der Waals surface area (Å²) in [5.74, 6) is -0.987. The number of ether oxygens (including phenoxy) is 1. The van der Waals surface area contributed by atoms with Crippen LogP contribution in [-0.2, 0) is 20.8 Å². The largest absolute Gasteiger partial charge is 0.497 e. The Kier molecular flexibility index (Phi) is 7.40. The van der Waals surface area contributed by atoms with Gasteiger partial charge in [0.2, 0.25) is 5.95 Å². The minimum absolute atomic E-state index is 0.0198. The van der Waals surface area contributed by atoms with E-state index in [1.165, 1.54) is 37.6 Å². The lowest BCUT2D eigenvalue weighted by Gasteiger charge is -2.13. The maximum absolute atomic E-state index is 13.3. The molecule has 4 rings (SSSR count). The third-order valence-electron chi connectivity index (χ3n) is 5.28. The van der Waals surface area contributed by atoms with Gasteiger partial charge in [-0.2, -0.15) is 23.3 Å². The Morgan fingerprint density at radius 2 is 1.92 bits per heavy atom. The zero-order valence-electron chi connectivity index (χ0n) is 20.3. The molecule has 0 spiro atoms. The number of hydrogen-bond donors (Lipinski definition) is 2. The Labute approximate surface area is 220 Å². The average Bonchev–Trinajstić information content (AvgIpc) is 3.38. The van der Waals surface area contributed by atoms with E-state index in [1.54, 1.807) is 24.3 Å². The SMILES string of the molecule is COc1cc(Nc2ncc(-c3cccc(/C=C/C(=O)O)c3)c(-n3ccc(C(F)(F)F)n3)n2)cc(S(C)(=O)=O)c1. The number of carbonyl (C=O) groups is 1. The molecule has 4 aromatic rings. The summed E-state index contributed by atoms with van der Waals surface area (Å²) in [6.07, 6.45) is 1.11. The molecule has 0 unspecified atom stereocenters. The van der Waals surface area contributed by atoms with E-state index in [-0.39, 0.29) is 28.1 Å². The Bertz CT molecular complexity index is 1680. The van der Waals surface area contributed by atoms with E-state index in [2.05, 4.69) is 20.4 Å². The van der Waals surface area contributed by atoms with E-state index in [4.69, 9.17) is 9.84 Å². The average molecular weight is 560 g/mol. The molecular weight excluding hydrogens is 539 g/mol. The van der Waals surface area contributed by atoms with Gasteiger partial charge in [-0.1, -0.05) is 18.2 Å². The van der Waals surface area contributed by atoms with Crippen LogP contribution < -0.4 is 10.1 Å². The van der Waals surface area contributed by atoms with Crippen LogP contribution in [-0.4, -0.2) is 52.6 Å². The van der Waals surface area contributed by atoms with Gasteiger partial charge in [0, 0.05) is 42.0 Å². The number of aliphatic carboxylic acids is 1. The number of carboxylic acid groups (broad SMARTS) is 1. The number of nitrogens with one attached hydrogen (secondary N) is 1. The highest BCUT2D eigenvalue weighted by atomic mass is 32.2. The van der Waals surface area contributed by atoms with Crippen molar-refractivity contribution in [2.45, 2.75) is 11.1 Å². The van der Waals surface area contributed by atoms with Gasteiger partial charge in [0.1, 0.15) is 5.75 Å². The van der Waals surface area contributed by atoms with E-state index in [1.807, 2.05) is 0 Å². The van der Waals surface area contributed by atoms with Crippen molar-refractivity contribution in [3.63, 3.8) is 0 Å². The Balaban J connectivity index is 1.83. The highest BCUT2D eigenvalue weighted by Crippen LogP contribution is 2.32. The molecule has 2 N–H and O–H groups in total. The number of methoxy groups -OCH3 is 1. The smallest absolute Gasteiger partial charge is 0.435 e. The minimum atomic E-state index is -4.69. The van der Waals surface area contributed by atoms with Crippen LogP contribution in [0, 0.1) is 0 Å². The highest BCUT2D eigenvalue weighted by Gasteiger charge is 2.34. The molecule has 14 heteroatoms. The van der Waals surface area contributed by atoms with E-state index in [9.17, 15) is 26.4 Å². The third kappa shape index (κ3) is 6.59. The quantitative estimate of drug-likeness (QED) is 0.297. The van der Waals surface area contributed by atoms with Gasteiger partial charge in [0.15, 0.2) is 21.3 Å². The molecule has 0 aliphatic heterocycles. The molecule has 0 aliphatic carbocycles. The summed E-state index contributed by atoms with van der Waals surface area (Å²) in [7, 11) is -2.23. The molecule has 0 amide bonds. The lowest BCUT2D eigenvalue weighted by atomic mass is 10.0. The van der Waals surface area contributed by atoms with Crippen molar-refractivity contribution >= 4 is 33.5 Å². The maximum Gasteiger partial charge on any atom is 0.435 e. The Morgan fingerprint density at radius 3 is 2.56 bits per heavy atom. The standard InChI is InChI=1S/C25H20F3N5O5S/c1-38-18-11-17(12-19(13-18)39(2,36)37)30-24-29-14-20(16-5-3-4-15(10-16)6-7-22(34)35)23(31-24)33-9-8-21(32-33)25(26,27)28/h3-14H,1-2H3,(H,34,35)(H,29,30,31)/b7-6+. The molecular formula is C25H20F3N5O5S. The first-order valence-electron chi connectivity index (χ1n) is 11.0. The van der Waals surface area contributed by atoms with Gasteiger partial charge in [0.25, 0.3) is 0 Å². The molecule has 0 fully saturated rings. The maximum atomic E-state index is 13.3. The predicted octanol–water partition coefficient (Wildman–Crippen LogP) is 4.60. The van der Waals surface area contributed by atoms with Crippen molar-refractivity contribution < 1.29 is 36.2 Å². The number of carboxylic acids is 1. The molecule has 0 saturated heterocycles. The number of anilines is 2. The fourth-order valence-electron chi connectivity index (χ4n) is 3.49. The van der Waals surface area contributed by atoms with Gasteiger partial charge in [-0.15, -0.1) is 0 Å². The summed E-state index contributed by atoms with van der Waals surface area (Å²) in [6, 6.07) is 11.5. The van der Waals surface area contributed by atoms with Crippen LogP contribution in [0.25, 0.3) is 23.0 Å². The van der Waals surface area contributed by atoms with E-state index >= 15 is 0 Å². The first-order valence-corrected chi connectivity index (χ1v) is 12.9. The monoisotopic (exact) mass is 559 g/mol. The molecule has 2 aromatic heterocycles. The van der Waals surface area contributed by atoms with Gasteiger partial charge >= 0.3 is 12.1 Å². The second-order valence-corrected chi connectivity index (χ2v) is 10.2. The van der Waals surface area contributed by atoms with Gasteiger partial charge in [0.05, 0.1) is 12.0 Å². The molecule has 0 saturated carbocycles. The van der Waals surface area contributed by atoms with Crippen LogP contribution >= 0.6 is 0 Å². The Morgan fingerprint density at radius 1 is 1.15 bits per heavy atom. The minimum Gasteiger partial charge on any atom is -0.497 e. The Hall–Kier alpha value is -4.72.